The van der Waals surface area contributed by atoms with Crippen molar-refractivity contribution in [2.45, 2.75) is 45.7 Å². The highest BCUT2D eigenvalue weighted by molar-refractivity contribution is 7.92. The molecule has 40 heavy (non-hydrogen) atoms. The summed E-state index contributed by atoms with van der Waals surface area (Å²) in [6.07, 6.45) is 1.75. The average molecular weight is 605 g/mol. The van der Waals surface area contributed by atoms with Crippen LogP contribution < -0.4 is 9.62 Å². The number of halogens is 2. The van der Waals surface area contributed by atoms with Gasteiger partial charge in [-0.1, -0.05) is 71.7 Å². The van der Waals surface area contributed by atoms with E-state index in [1.54, 1.807) is 41.3 Å². The predicted octanol–water partition coefficient (Wildman–Crippen LogP) is 5.62. The van der Waals surface area contributed by atoms with Crippen LogP contribution in [0.5, 0.6) is 0 Å². The molecule has 0 bridgehead atoms. The molecule has 1 N–H and O–H groups in total. The Balaban J connectivity index is 1.88. The lowest BCUT2D eigenvalue weighted by atomic mass is 10.0. The number of hydrogen-bond acceptors (Lipinski definition) is 4. The monoisotopic (exact) mass is 603 g/mol. The second-order valence-electron chi connectivity index (χ2n) is 9.62. The van der Waals surface area contributed by atoms with Gasteiger partial charge in [0.05, 0.1) is 11.9 Å². The molecule has 7 nitrogen and oxygen atoms in total. The zero-order chi connectivity index (χ0) is 29.3. The highest BCUT2D eigenvalue weighted by Gasteiger charge is 2.30. The Bertz CT molecular complexity index is 1420. The molecular formula is C30H35Cl2N3O4S. The second-order valence-corrected chi connectivity index (χ2v) is 12.4. The smallest absolute Gasteiger partial charge is 0.243 e. The Hall–Kier alpha value is -3.07. The first-order chi connectivity index (χ1) is 19.0. The van der Waals surface area contributed by atoms with Crippen molar-refractivity contribution in [2.75, 3.05) is 23.7 Å². The van der Waals surface area contributed by atoms with Crippen molar-refractivity contribution in [3.05, 3.63) is 99.5 Å². The van der Waals surface area contributed by atoms with Crippen LogP contribution in [0.1, 0.15) is 36.5 Å². The van der Waals surface area contributed by atoms with Crippen LogP contribution >= 0.6 is 23.2 Å². The highest BCUT2D eigenvalue weighted by atomic mass is 35.5. The van der Waals surface area contributed by atoms with Gasteiger partial charge in [0, 0.05) is 42.5 Å². The molecule has 0 saturated heterocycles. The minimum atomic E-state index is -3.64. The number of rotatable bonds is 13. The van der Waals surface area contributed by atoms with Gasteiger partial charge in [0.1, 0.15) is 6.04 Å². The third kappa shape index (κ3) is 8.98. The Labute approximate surface area is 247 Å². The van der Waals surface area contributed by atoms with Crippen LogP contribution in [-0.2, 0) is 32.6 Å². The Morgan fingerprint density at radius 1 is 0.925 bits per heavy atom. The lowest BCUT2D eigenvalue weighted by Gasteiger charge is -2.32. The average Bonchev–Trinajstić information content (AvgIpc) is 2.90. The number of hydrogen-bond donors (Lipinski definition) is 1. The van der Waals surface area contributed by atoms with Crippen molar-refractivity contribution in [1.29, 1.82) is 0 Å². The minimum absolute atomic E-state index is 0.0386. The quantitative estimate of drug-likeness (QED) is 0.274. The van der Waals surface area contributed by atoms with Crippen molar-refractivity contribution in [2.24, 2.45) is 0 Å². The number of carbonyl (C=O) groups is 2. The van der Waals surface area contributed by atoms with Crippen LogP contribution in [0, 0.1) is 6.92 Å². The molecule has 0 aliphatic rings. The SMILES string of the molecule is CCNC(=O)[C@@H](Cc1ccccc1)N(Cc1cccc(Cl)c1)C(=O)CCCN(c1cc(Cl)ccc1C)S(C)(=O)=O. The van der Waals surface area contributed by atoms with Crippen molar-refractivity contribution < 1.29 is 18.0 Å². The Morgan fingerprint density at radius 2 is 1.60 bits per heavy atom. The summed E-state index contributed by atoms with van der Waals surface area (Å²) >= 11 is 12.4. The fourth-order valence-electron chi connectivity index (χ4n) is 4.51. The van der Waals surface area contributed by atoms with E-state index in [-0.39, 0.29) is 37.7 Å². The Morgan fingerprint density at radius 3 is 2.25 bits per heavy atom. The van der Waals surface area contributed by atoms with Gasteiger partial charge in [0.25, 0.3) is 0 Å². The van der Waals surface area contributed by atoms with Gasteiger partial charge in [-0.3, -0.25) is 13.9 Å². The first-order valence-corrected chi connectivity index (χ1v) is 15.7. The summed E-state index contributed by atoms with van der Waals surface area (Å²) in [6.45, 7) is 4.32. The van der Waals surface area contributed by atoms with Crippen LogP contribution in [-0.4, -0.2) is 50.5 Å². The molecule has 0 fully saturated rings. The maximum Gasteiger partial charge on any atom is 0.243 e. The first kappa shape index (κ1) is 31.5. The van der Waals surface area contributed by atoms with Gasteiger partial charge < -0.3 is 10.2 Å². The zero-order valence-electron chi connectivity index (χ0n) is 22.9. The van der Waals surface area contributed by atoms with Crippen molar-refractivity contribution in [3.63, 3.8) is 0 Å². The fraction of sp³-hybridized carbons (Fsp3) is 0.333. The molecule has 0 aliphatic heterocycles. The van der Waals surface area contributed by atoms with E-state index in [1.807, 2.05) is 50.2 Å². The number of amides is 2. The topological polar surface area (TPSA) is 86.8 Å². The van der Waals surface area contributed by atoms with E-state index in [1.165, 1.54) is 4.31 Å². The molecule has 2 amide bonds. The molecular weight excluding hydrogens is 569 g/mol. The number of sulfonamides is 1. The van der Waals surface area contributed by atoms with Crippen molar-refractivity contribution in [3.8, 4) is 0 Å². The van der Waals surface area contributed by atoms with E-state index >= 15 is 0 Å². The maximum atomic E-state index is 13.8. The molecule has 3 aromatic carbocycles. The number of nitrogens with zero attached hydrogens (tertiary/aromatic N) is 2. The third-order valence-corrected chi connectivity index (χ3v) is 8.11. The lowest BCUT2D eigenvalue weighted by molar-refractivity contribution is -0.141. The number of nitrogens with one attached hydrogen (secondary N) is 1. The predicted molar refractivity (Wildman–Crippen MR) is 162 cm³/mol. The lowest BCUT2D eigenvalue weighted by Crippen LogP contribution is -2.50. The zero-order valence-corrected chi connectivity index (χ0v) is 25.3. The fourth-order valence-corrected chi connectivity index (χ4v) is 5.91. The van der Waals surface area contributed by atoms with Crippen LogP contribution in [0.2, 0.25) is 10.0 Å². The van der Waals surface area contributed by atoms with Crippen LogP contribution in [0.15, 0.2) is 72.8 Å². The van der Waals surface area contributed by atoms with E-state index in [4.69, 9.17) is 23.2 Å². The summed E-state index contributed by atoms with van der Waals surface area (Å²) in [7, 11) is -3.64. The van der Waals surface area contributed by atoms with Gasteiger partial charge in [0.2, 0.25) is 21.8 Å². The normalized spacial score (nSPS) is 12.0. The Kier molecular flexibility index (Phi) is 11.4. The van der Waals surface area contributed by atoms with Gasteiger partial charge >= 0.3 is 0 Å². The summed E-state index contributed by atoms with van der Waals surface area (Å²) in [5.74, 6) is -0.516. The molecule has 0 aliphatic carbocycles. The molecule has 0 unspecified atom stereocenters. The molecule has 0 spiro atoms. The van der Waals surface area contributed by atoms with E-state index in [0.29, 0.717) is 28.7 Å². The van der Waals surface area contributed by atoms with E-state index in [0.717, 1.165) is 22.9 Å². The van der Waals surface area contributed by atoms with Gasteiger partial charge in [-0.2, -0.15) is 0 Å². The third-order valence-electron chi connectivity index (χ3n) is 6.46. The van der Waals surface area contributed by atoms with Crippen LogP contribution in [0.3, 0.4) is 0 Å². The van der Waals surface area contributed by atoms with Crippen LogP contribution in [0.25, 0.3) is 0 Å². The molecule has 0 aromatic heterocycles. The van der Waals surface area contributed by atoms with Crippen molar-refractivity contribution >= 4 is 50.7 Å². The number of aryl methyl sites for hydroxylation is 1. The molecule has 0 heterocycles. The van der Waals surface area contributed by atoms with E-state index < -0.39 is 16.1 Å². The standard InChI is InChI=1S/C30H35Cl2N3O4S/c1-4-33-30(37)28(19-23-10-6-5-7-11-23)34(21-24-12-8-13-25(31)18-24)29(36)14-9-17-35(40(3,38)39)27-20-26(32)16-15-22(27)2/h5-8,10-13,15-16,18,20,28H,4,9,14,17,19,21H2,1-3H3,(H,33,37)/t28-/m1/s1. The summed E-state index contributed by atoms with van der Waals surface area (Å²) in [5.41, 5.74) is 2.93. The summed E-state index contributed by atoms with van der Waals surface area (Å²) in [5, 5.41) is 3.82. The molecule has 3 aromatic rings. The summed E-state index contributed by atoms with van der Waals surface area (Å²) in [4.78, 5) is 28.6. The van der Waals surface area contributed by atoms with Gasteiger partial charge in [-0.15, -0.1) is 0 Å². The van der Waals surface area contributed by atoms with Gasteiger partial charge in [0.15, 0.2) is 0 Å². The number of likely N-dealkylation sites (N-methyl/N-ethyl adjacent to an activating group) is 1. The first-order valence-electron chi connectivity index (χ1n) is 13.1. The number of carbonyl (C=O) groups excluding carboxylic acids is 2. The van der Waals surface area contributed by atoms with Crippen molar-refractivity contribution in [1.82, 2.24) is 10.2 Å². The summed E-state index contributed by atoms with van der Waals surface area (Å²) < 4.78 is 26.6. The summed E-state index contributed by atoms with van der Waals surface area (Å²) in [6, 6.07) is 21.0. The van der Waals surface area contributed by atoms with Crippen LogP contribution in [0.4, 0.5) is 5.69 Å². The van der Waals surface area contributed by atoms with E-state index in [2.05, 4.69) is 5.32 Å². The van der Waals surface area contributed by atoms with Gasteiger partial charge in [-0.05, 0) is 61.2 Å². The number of anilines is 1. The van der Waals surface area contributed by atoms with E-state index in [9.17, 15) is 18.0 Å². The minimum Gasteiger partial charge on any atom is -0.355 e. The number of benzene rings is 3. The maximum absolute atomic E-state index is 13.8. The molecule has 1 atom stereocenters. The molecule has 10 heteroatoms. The molecule has 214 valence electrons. The molecule has 3 rings (SSSR count). The highest BCUT2D eigenvalue weighted by Crippen LogP contribution is 2.27. The van der Waals surface area contributed by atoms with Gasteiger partial charge in [-0.25, -0.2) is 8.42 Å². The molecule has 0 saturated carbocycles. The molecule has 0 radical (unpaired) electrons. The second kappa shape index (κ2) is 14.5. The largest absolute Gasteiger partial charge is 0.355 e.